The Morgan fingerprint density at radius 2 is 1.92 bits per heavy atom. The van der Waals surface area contributed by atoms with Crippen molar-refractivity contribution in [3.05, 3.63) is 18.0 Å². The van der Waals surface area contributed by atoms with Gasteiger partial charge in [0, 0.05) is 51.3 Å². The van der Waals surface area contributed by atoms with Crippen molar-refractivity contribution < 1.29 is 14.0 Å². The molecule has 0 N–H and O–H groups in total. The average molecular weight is 360 g/mol. The van der Waals surface area contributed by atoms with Gasteiger partial charge in [0.25, 0.3) is 11.8 Å². The van der Waals surface area contributed by atoms with Gasteiger partial charge in [0.2, 0.25) is 12.1 Å². The van der Waals surface area contributed by atoms with Crippen molar-refractivity contribution in [2.45, 2.75) is 19.5 Å². The number of likely N-dealkylation sites (tertiary alicyclic amines) is 2. The molecule has 3 aliphatic rings. The van der Waals surface area contributed by atoms with Crippen molar-refractivity contribution in [2.24, 2.45) is 28.9 Å². The van der Waals surface area contributed by atoms with E-state index in [-0.39, 0.29) is 11.6 Å². The van der Waals surface area contributed by atoms with Gasteiger partial charge in [-0.25, -0.2) is 9.38 Å². The lowest BCUT2D eigenvalue weighted by molar-refractivity contribution is -0.120. The van der Waals surface area contributed by atoms with Crippen LogP contribution in [0.15, 0.2) is 22.2 Å². The zero-order chi connectivity index (χ0) is 18.4. The Morgan fingerprint density at radius 3 is 2.50 bits per heavy atom. The Hall–Kier alpha value is -2.58. The number of halogens is 1. The highest BCUT2D eigenvalue weighted by atomic mass is 19.1. The molecule has 26 heavy (non-hydrogen) atoms. The van der Waals surface area contributed by atoms with Gasteiger partial charge in [-0.15, -0.1) is 0 Å². The maximum absolute atomic E-state index is 13.8. The van der Waals surface area contributed by atoms with Crippen molar-refractivity contribution in [3.8, 4) is 0 Å². The predicted molar refractivity (Wildman–Crippen MR) is 92.7 cm³/mol. The summed E-state index contributed by atoms with van der Waals surface area (Å²) in [6.45, 7) is 4.43. The minimum atomic E-state index is -1.71. The lowest BCUT2D eigenvalue weighted by Crippen LogP contribution is -2.39. The number of aryl methyl sites for hydroxylation is 1. The first-order valence-electron chi connectivity index (χ1n) is 8.84. The Kier molecular flexibility index (Phi) is 4.08. The second kappa shape index (κ2) is 6.30. The molecule has 2 saturated heterocycles. The molecule has 2 fully saturated rings. The topological polar surface area (TPSA) is 83.2 Å². The monoisotopic (exact) mass is 360 g/mol. The smallest absolute Gasteiger partial charge is 0.289 e. The number of fused-ring (bicyclic) bond motifs is 1. The standard InChI is InChI=1S/C17H21FN6O2/c1-3-12-14(18)15(25)21-17(20-12)24-8-10-6-23(7-11(10)9-24)16(26)13-4-5-19-22(13)2/h4-5,10-11,14H,3,6-9H2,1-2H3. The Labute approximate surface area is 150 Å². The van der Waals surface area contributed by atoms with Gasteiger partial charge in [-0.2, -0.15) is 10.1 Å². The highest BCUT2D eigenvalue weighted by molar-refractivity contribution is 6.17. The third-order valence-electron chi connectivity index (χ3n) is 5.42. The van der Waals surface area contributed by atoms with E-state index in [2.05, 4.69) is 15.1 Å². The molecule has 1 aromatic rings. The van der Waals surface area contributed by atoms with Crippen LogP contribution in [-0.2, 0) is 11.8 Å². The fourth-order valence-electron chi connectivity index (χ4n) is 3.98. The summed E-state index contributed by atoms with van der Waals surface area (Å²) in [5.41, 5.74) is 0.820. The number of hydrogen-bond donors (Lipinski definition) is 0. The zero-order valence-electron chi connectivity index (χ0n) is 14.8. The predicted octanol–water partition coefficient (Wildman–Crippen LogP) is 0.509. The summed E-state index contributed by atoms with van der Waals surface area (Å²) in [5, 5.41) is 4.05. The molecule has 0 spiro atoms. The number of carbonyl (C=O) groups is 2. The van der Waals surface area contributed by atoms with Crippen molar-refractivity contribution in [1.82, 2.24) is 19.6 Å². The van der Waals surface area contributed by atoms with E-state index in [0.717, 1.165) is 0 Å². The zero-order valence-corrected chi connectivity index (χ0v) is 14.8. The molecule has 0 radical (unpaired) electrons. The number of rotatable bonds is 2. The molecule has 4 rings (SSSR count). The van der Waals surface area contributed by atoms with Crippen molar-refractivity contribution in [2.75, 3.05) is 26.2 Å². The van der Waals surface area contributed by atoms with Crippen LogP contribution in [0.2, 0.25) is 0 Å². The van der Waals surface area contributed by atoms with E-state index in [1.54, 1.807) is 30.9 Å². The molecule has 0 aliphatic carbocycles. The van der Waals surface area contributed by atoms with E-state index >= 15 is 0 Å². The second-order valence-electron chi connectivity index (χ2n) is 7.04. The summed E-state index contributed by atoms with van der Waals surface area (Å²) in [7, 11) is 1.76. The normalized spacial score (nSPS) is 28.3. The molecule has 8 nitrogen and oxygen atoms in total. The molecule has 0 aromatic carbocycles. The van der Waals surface area contributed by atoms with E-state index in [1.165, 1.54) is 0 Å². The van der Waals surface area contributed by atoms with Gasteiger partial charge in [0.05, 0.1) is 5.71 Å². The summed E-state index contributed by atoms with van der Waals surface area (Å²) in [5.74, 6) is 0.140. The van der Waals surface area contributed by atoms with Gasteiger partial charge >= 0.3 is 0 Å². The number of aromatic nitrogens is 2. The number of nitrogens with zero attached hydrogens (tertiary/aromatic N) is 6. The first-order valence-corrected chi connectivity index (χ1v) is 8.84. The third kappa shape index (κ3) is 2.71. The van der Waals surface area contributed by atoms with Gasteiger partial charge < -0.3 is 9.80 Å². The molecular weight excluding hydrogens is 339 g/mol. The SMILES string of the molecule is CCC1=NC(N2CC3CN(C(=O)c4ccnn4C)CC3C2)=NC(=O)C1F. The fourth-order valence-corrected chi connectivity index (χ4v) is 3.98. The van der Waals surface area contributed by atoms with Gasteiger partial charge in [-0.05, 0) is 12.5 Å². The van der Waals surface area contributed by atoms with Gasteiger partial charge in [-0.3, -0.25) is 14.3 Å². The molecule has 3 unspecified atom stereocenters. The number of guanidine groups is 1. The van der Waals surface area contributed by atoms with E-state index in [9.17, 15) is 14.0 Å². The summed E-state index contributed by atoms with van der Waals surface area (Å²) in [6.07, 6.45) is 0.295. The molecule has 0 bridgehead atoms. The van der Waals surface area contributed by atoms with Gasteiger partial charge in [0.15, 0.2) is 0 Å². The molecule has 2 amide bonds. The second-order valence-corrected chi connectivity index (χ2v) is 7.04. The lowest BCUT2D eigenvalue weighted by atomic mass is 10.0. The summed E-state index contributed by atoms with van der Waals surface area (Å²) in [6, 6.07) is 1.72. The Morgan fingerprint density at radius 1 is 1.23 bits per heavy atom. The number of carbonyl (C=O) groups excluding carboxylic acids is 2. The maximum Gasteiger partial charge on any atom is 0.289 e. The van der Waals surface area contributed by atoms with Crippen LogP contribution in [0.1, 0.15) is 23.8 Å². The maximum atomic E-state index is 13.8. The molecule has 4 heterocycles. The van der Waals surface area contributed by atoms with Crippen LogP contribution < -0.4 is 0 Å². The van der Waals surface area contributed by atoms with Crippen LogP contribution in [0.25, 0.3) is 0 Å². The van der Waals surface area contributed by atoms with Crippen LogP contribution in [0.5, 0.6) is 0 Å². The summed E-state index contributed by atoms with van der Waals surface area (Å²) < 4.78 is 15.4. The van der Waals surface area contributed by atoms with E-state index < -0.39 is 12.1 Å². The van der Waals surface area contributed by atoms with E-state index in [0.29, 0.717) is 56.1 Å². The first-order chi connectivity index (χ1) is 12.5. The van der Waals surface area contributed by atoms with Crippen molar-refractivity contribution >= 4 is 23.5 Å². The fraction of sp³-hybridized carbons (Fsp3) is 0.588. The van der Waals surface area contributed by atoms with Crippen LogP contribution >= 0.6 is 0 Å². The molecule has 3 aliphatic heterocycles. The molecule has 0 saturated carbocycles. The highest BCUT2D eigenvalue weighted by Gasteiger charge is 2.44. The van der Waals surface area contributed by atoms with Crippen LogP contribution in [0.4, 0.5) is 4.39 Å². The molecular formula is C17H21FN6O2. The van der Waals surface area contributed by atoms with Crippen LogP contribution in [-0.4, -0.2) is 75.4 Å². The van der Waals surface area contributed by atoms with Crippen LogP contribution in [0.3, 0.4) is 0 Å². The summed E-state index contributed by atoms with van der Waals surface area (Å²) >= 11 is 0. The number of alkyl halides is 1. The number of aliphatic imine (C=N–C) groups is 2. The minimum Gasteiger partial charge on any atom is -0.340 e. The summed E-state index contributed by atoms with van der Waals surface area (Å²) in [4.78, 5) is 36.3. The van der Waals surface area contributed by atoms with Crippen molar-refractivity contribution in [1.29, 1.82) is 0 Å². The molecule has 138 valence electrons. The molecule has 1 aromatic heterocycles. The Balaban J connectivity index is 1.43. The number of amides is 2. The minimum absolute atomic E-state index is 0.0114. The van der Waals surface area contributed by atoms with Crippen LogP contribution in [0, 0.1) is 11.8 Å². The lowest BCUT2D eigenvalue weighted by Gasteiger charge is -2.24. The number of hydrogen-bond acceptors (Lipinski definition) is 5. The molecule has 9 heteroatoms. The van der Waals surface area contributed by atoms with E-state index in [4.69, 9.17) is 0 Å². The average Bonchev–Trinajstić information content (AvgIpc) is 3.30. The third-order valence-corrected chi connectivity index (χ3v) is 5.42. The largest absolute Gasteiger partial charge is 0.340 e. The first kappa shape index (κ1) is 16.9. The highest BCUT2D eigenvalue weighted by Crippen LogP contribution is 2.32. The molecule has 3 atom stereocenters. The van der Waals surface area contributed by atoms with Gasteiger partial charge in [-0.1, -0.05) is 6.92 Å². The Bertz CT molecular complexity index is 802. The van der Waals surface area contributed by atoms with Crippen molar-refractivity contribution in [3.63, 3.8) is 0 Å². The van der Waals surface area contributed by atoms with Gasteiger partial charge in [0.1, 0.15) is 5.69 Å². The van der Waals surface area contributed by atoms with E-state index in [1.807, 2.05) is 9.80 Å². The quantitative estimate of drug-likeness (QED) is 0.769.